The Morgan fingerprint density at radius 1 is 1.09 bits per heavy atom. The Labute approximate surface area is 141 Å². The summed E-state index contributed by atoms with van der Waals surface area (Å²) < 4.78 is 6.10. The van der Waals surface area contributed by atoms with Gasteiger partial charge in [0.25, 0.3) is 0 Å². The van der Waals surface area contributed by atoms with Crippen LogP contribution in [0.5, 0.6) is 11.5 Å². The molecular weight excluding hydrogens is 308 g/mol. The van der Waals surface area contributed by atoms with Gasteiger partial charge in [-0.25, -0.2) is 4.99 Å². The Bertz CT molecular complexity index is 764. The highest BCUT2D eigenvalue weighted by atomic mass is 35.5. The van der Waals surface area contributed by atoms with Crippen LogP contribution >= 0.6 is 11.6 Å². The van der Waals surface area contributed by atoms with Crippen LogP contribution < -0.4 is 4.74 Å². The van der Waals surface area contributed by atoms with E-state index in [9.17, 15) is 0 Å². The van der Waals surface area contributed by atoms with Gasteiger partial charge in [-0.3, -0.25) is 0 Å². The number of fused-ring (bicyclic) bond motifs is 2. The van der Waals surface area contributed by atoms with Gasteiger partial charge in [-0.15, -0.1) is 0 Å². The Morgan fingerprint density at radius 2 is 1.87 bits per heavy atom. The number of amidine groups is 1. The number of aliphatic imine (C=N–C) groups is 1. The van der Waals surface area contributed by atoms with Gasteiger partial charge in [0.15, 0.2) is 5.75 Å². The summed E-state index contributed by atoms with van der Waals surface area (Å²) in [6, 6.07) is 13.7. The molecule has 2 aliphatic rings. The minimum Gasteiger partial charge on any atom is -0.454 e. The van der Waals surface area contributed by atoms with Crippen molar-refractivity contribution in [3.8, 4) is 11.5 Å². The first kappa shape index (κ1) is 14.6. The third kappa shape index (κ3) is 2.81. The van der Waals surface area contributed by atoms with Crippen molar-refractivity contribution in [1.29, 1.82) is 0 Å². The second kappa shape index (κ2) is 5.89. The quantitative estimate of drug-likeness (QED) is 0.660. The number of benzene rings is 2. The van der Waals surface area contributed by atoms with Crippen LogP contribution in [0.3, 0.4) is 0 Å². The summed E-state index contributed by atoms with van der Waals surface area (Å²) in [5.74, 6) is 3.38. The van der Waals surface area contributed by atoms with Crippen molar-refractivity contribution in [3.63, 3.8) is 0 Å². The van der Waals surface area contributed by atoms with E-state index in [0.717, 1.165) is 47.6 Å². The molecule has 0 saturated carbocycles. The number of hydrogen-bond donors (Lipinski definition) is 0. The zero-order chi connectivity index (χ0) is 15.8. The number of ether oxygens (including phenoxy) is 1. The Morgan fingerprint density at radius 3 is 2.70 bits per heavy atom. The molecule has 0 atom stereocenters. The maximum absolute atomic E-state index is 6.16. The topological polar surface area (TPSA) is 24.8 Å². The smallest absolute Gasteiger partial charge is 0.153 e. The first-order valence-electron chi connectivity index (χ1n) is 8.11. The zero-order valence-corrected chi connectivity index (χ0v) is 13.9. The summed E-state index contributed by atoms with van der Waals surface area (Å²) >= 11 is 6.16. The normalized spacial score (nSPS) is 17.7. The molecule has 0 amide bonds. The van der Waals surface area contributed by atoms with Crippen LogP contribution in [-0.2, 0) is 0 Å². The highest BCUT2D eigenvalue weighted by Gasteiger charge is 2.25. The molecule has 4 rings (SSSR count). The van der Waals surface area contributed by atoms with Crippen LogP contribution in [0, 0.1) is 5.92 Å². The lowest BCUT2D eigenvalue weighted by Crippen LogP contribution is -2.38. The van der Waals surface area contributed by atoms with Gasteiger partial charge in [-0.2, -0.15) is 0 Å². The van der Waals surface area contributed by atoms with Gasteiger partial charge in [-0.05, 0) is 49.1 Å². The van der Waals surface area contributed by atoms with Gasteiger partial charge in [0.1, 0.15) is 17.3 Å². The highest BCUT2D eigenvalue weighted by Crippen LogP contribution is 2.39. The first-order chi connectivity index (χ1) is 11.2. The molecule has 0 bridgehead atoms. The zero-order valence-electron chi connectivity index (χ0n) is 13.1. The maximum Gasteiger partial charge on any atom is 0.153 e. The minimum absolute atomic E-state index is 0.675. The molecule has 2 aliphatic heterocycles. The van der Waals surface area contributed by atoms with Gasteiger partial charge in [0.2, 0.25) is 0 Å². The monoisotopic (exact) mass is 326 g/mol. The molecule has 0 aliphatic carbocycles. The number of rotatable bonds is 0. The first-order valence-corrected chi connectivity index (χ1v) is 8.49. The Hall–Kier alpha value is -2.00. The lowest BCUT2D eigenvalue weighted by molar-refractivity contribution is 0.281. The van der Waals surface area contributed by atoms with Crippen molar-refractivity contribution in [2.45, 2.75) is 19.8 Å². The summed E-state index contributed by atoms with van der Waals surface area (Å²) in [5, 5.41) is 0.675. The van der Waals surface area contributed by atoms with Crippen molar-refractivity contribution < 1.29 is 4.74 Å². The summed E-state index contributed by atoms with van der Waals surface area (Å²) in [4.78, 5) is 7.30. The van der Waals surface area contributed by atoms with Gasteiger partial charge in [0.05, 0.1) is 5.56 Å². The van der Waals surface area contributed by atoms with Crippen LogP contribution in [0.2, 0.25) is 5.02 Å². The van der Waals surface area contributed by atoms with Gasteiger partial charge >= 0.3 is 0 Å². The number of likely N-dealkylation sites (tertiary alicyclic amines) is 1. The lowest BCUT2D eigenvalue weighted by Gasteiger charge is -2.32. The fraction of sp³-hybridized carbons (Fsp3) is 0.316. The Balaban J connectivity index is 1.83. The molecule has 0 aromatic heterocycles. The van der Waals surface area contributed by atoms with E-state index in [0.29, 0.717) is 5.02 Å². The molecule has 0 radical (unpaired) electrons. The standard InChI is InChI=1S/C19H19ClN2O/c1-13-8-10-22(11-9-13)19-15-4-2-3-5-17(15)23-18-7-6-14(20)12-16(18)21-19/h2-7,12-13H,8-11H2,1H3. The summed E-state index contributed by atoms with van der Waals surface area (Å²) in [5.41, 5.74) is 1.84. The fourth-order valence-electron chi connectivity index (χ4n) is 3.16. The number of para-hydroxylation sites is 1. The van der Waals surface area contributed by atoms with E-state index in [1.54, 1.807) is 0 Å². The van der Waals surface area contributed by atoms with E-state index in [4.69, 9.17) is 21.3 Å². The SMILES string of the molecule is CC1CCN(C2=Nc3cc(Cl)ccc3Oc3ccccc32)CC1. The van der Waals surface area contributed by atoms with Crippen LogP contribution in [0.4, 0.5) is 5.69 Å². The van der Waals surface area contributed by atoms with E-state index in [1.807, 2.05) is 36.4 Å². The van der Waals surface area contributed by atoms with Gasteiger partial charge < -0.3 is 9.64 Å². The van der Waals surface area contributed by atoms with E-state index in [2.05, 4.69) is 17.9 Å². The number of hydrogen-bond acceptors (Lipinski definition) is 3. The molecule has 2 heterocycles. The summed E-state index contributed by atoms with van der Waals surface area (Å²) in [6.45, 7) is 4.38. The third-order valence-electron chi connectivity index (χ3n) is 4.58. The second-order valence-electron chi connectivity index (χ2n) is 6.32. The van der Waals surface area contributed by atoms with Gasteiger partial charge in [-0.1, -0.05) is 30.7 Å². The molecule has 23 heavy (non-hydrogen) atoms. The molecule has 1 saturated heterocycles. The van der Waals surface area contributed by atoms with Crippen LogP contribution in [0.25, 0.3) is 0 Å². The highest BCUT2D eigenvalue weighted by molar-refractivity contribution is 6.31. The summed E-state index contributed by atoms with van der Waals surface area (Å²) in [6.07, 6.45) is 2.40. The minimum atomic E-state index is 0.675. The predicted molar refractivity (Wildman–Crippen MR) is 94.1 cm³/mol. The van der Waals surface area contributed by atoms with Crippen molar-refractivity contribution in [1.82, 2.24) is 4.90 Å². The van der Waals surface area contributed by atoms with E-state index < -0.39 is 0 Å². The van der Waals surface area contributed by atoms with Crippen LogP contribution in [-0.4, -0.2) is 23.8 Å². The largest absolute Gasteiger partial charge is 0.454 e. The molecule has 0 unspecified atom stereocenters. The van der Waals surface area contributed by atoms with Gasteiger partial charge in [0, 0.05) is 18.1 Å². The number of halogens is 1. The number of piperidine rings is 1. The third-order valence-corrected chi connectivity index (χ3v) is 4.81. The lowest BCUT2D eigenvalue weighted by atomic mass is 9.98. The molecule has 1 fully saturated rings. The van der Waals surface area contributed by atoms with Crippen molar-refractivity contribution >= 4 is 23.1 Å². The second-order valence-corrected chi connectivity index (χ2v) is 6.75. The van der Waals surface area contributed by atoms with Crippen molar-refractivity contribution in [2.24, 2.45) is 10.9 Å². The molecule has 118 valence electrons. The van der Waals surface area contributed by atoms with Crippen molar-refractivity contribution in [2.75, 3.05) is 13.1 Å². The molecule has 2 aromatic rings. The predicted octanol–water partition coefficient (Wildman–Crippen LogP) is 5.26. The van der Waals surface area contributed by atoms with E-state index in [-0.39, 0.29) is 0 Å². The number of nitrogens with zero attached hydrogens (tertiary/aromatic N) is 2. The molecular formula is C19H19ClN2O. The molecule has 4 heteroatoms. The maximum atomic E-state index is 6.16. The van der Waals surface area contributed by atoms with Crippen molar-refractivity contribution in [3.05, 3.63) is 53.1 Å². The Kier molecular flexibility index (Phi) is 3.74. The average molecular weight is 327 g/mol. The van der Waals surface area contributed by atoms with Crippen LogP contribution in [0.1, 0.15) is 25.3 Å². The molecule has 2 aromatic carbocycles. The van der Waals surface area contributed by atoms with E-state index in [1.165, 1.54) is 12.8 Å². The van der Waals surface area contributed by atoms with Crippen LogP contribution in [0.15, 0.2) is 47.5 Å². The average Bonchev–Trinajstić information content (AvgIpc) is 2.72. The summed E-state index contributed by atoms with van der Waals surface area (Å²) in [7, 11) is 0. The molecule has 3 nitrogen and oxygen atoms in total. The fourth-order valence-corrected chi connectivity index (χ4v) is 3.33. The molecule has 0 N–H and O–H groups in total. The van der Waals surface area contributed by atoms with E-state index >= 15 is 0 Å². The molecule has 0 spiro atoms.